The predicted octanol–water partition coefficient (Wildman–Crippen LogP) is 6.23. The zero-order chi connectivity index (χ0) is 23.7. The molecule has 4 aromatic rings. The van der Waals surface area contributed by atoms with Crippen LogP contribution in [-0.2, 0) is 6.54 Å². The van der Waals surface area contributed by atoms with Crippen LogP contribution in [-0.4, -0.2) is 21.1 Å². The monoisotopic (exact) mass is 474 g/mol. The molecule has 0 bridgehead atoms. The van der Waals surface area contributed by atoms with Crippen LogP contribution in [0.4, 0.5) is 9.18 Å². The molecule has 1 N–H and O–H groups in total. The van der Waals surface area contributed by atoms with Crippen molar-refractivity contribution in [3.8, 4) is 11.4 Å². The van der Waals surface area contributed by atoms with Crippen molar-refractivity contribution in [3.63, 3.8) is 0 Å². The van der Waals surface area contributed by atoms with E-state index in [0.29, 0.717) is 28.4 Å². The van der Waals surface area contributed by atoms with Gasteiger partial charge in [-0.2, -0.15) is 4.98 Å². The van der Waals surface area contributed by atoms with E-state index in [1.165, 1.54) is 12.1 Å². The van der Waals surface area contributed by atoms with Gasteiger partial charge in [-0.1, -0.05) is 71.4 Å². The molecule has 0 spiro atoms. The Hall–Kier alpha value is -3.97. The van der Waals surface area contributed by atoms with Crippen molar-refractivity contribution in [1.82, 2.24) is 20.4 Å². The van der Waals surface area contributed by atoms with E-state index in [1.807, 2.05) is 49.4 Å². The quantitative estimate of drug-likeness (QED) is 0.372. The van der Waals surface area contributed by atoms with Crippen molar-refractivity contribution >= 4 is 23.2 Å². The molecule has 6 nitrogen and oxygen atoms in total. The maximum absolute atomic E-state index is 13.7. The molecule has 1 aliphatic heterocycles. The Morgan fingerprint density at radius 3 is 2.62 bits per heavy atom. The first-order chi connectivity index (χ1) is 16.5. The summed E-state index contributed by atoms with van der Waals surface area (Å²) in [6.45, 7) is 2.22. The third-order valence-corrected chi connectivity index (χ3v) is 5.94. The van der Waals surface area contributed by atoms with Crippen LogP contribution in [0, 0.1) is 5.82 Å². The van der Waals surface area contributed by atoms with Gasteiger partial charge in [-0.15, -0.1) is 0 Å². The van der Waals surface area contributed by atoms with Gasteiger partial charge in [0.05, 0.1) is 18.2 Å². The fourth-order valence-corrected chi connectivity index (χ4v) is 4.23. The molecule has 1 atom stereocenters. The number of rotatable bonds is 5. The minimum atomic E-state index is -0.556. The highest BCUT2D eigenvalue weighted by atomic mass is 35.5. The van der Waals surface area contributed by atoms with Crippen molar-refractivity contribution in [2.45, 2.75) is 19.5 Å². The molecule has 1 aliphatic rings. The van der Waals surface area contributed by atoms with Crippen LogP contribution in [0.2, 0.25) is 5.02 Å². The maximum Gasteiger partial charge on any atom is 0.322 e. The molecule has 1 aromatic heterocycles. The van der Waals surface area contributed by atoms with Crippen LogP contribution >= 0.6 is 11.6 Å². The third-order valence-electron chi connectivity index (χ3n) is 5.70. The Morgan fingerprint density at radius 1 is 1.06 bits per heavy atom. The standard InChI is InChI=1S/C26H20ClFN4O2/c1-16-22(25-30-24(31-34-25)19-10-6-12-21(28)14-19)23(18-9-5-11-20(27)13-18)29-26(33)32(16)15-17-7-3-2-4-8-17/h2-14,23H,15H2,1H3,(H,29,33). The van der Waals surface area contributed by atoms with Gasteiger partial charge in [-0.05, 0) is 42.3 Å². The largest absolute Gasteiger partial charge is 0.334 e. The molecule has 3 aromatic carbocycles. The number of amides is 2. The fraction of sp³-hybridized carbons (Fsp3) is 0.115. The molecule has 0 saturated carbocycles. The lowest BCUT2D eigenvalue weighted by atomic mass is 9.94. The zero-order valence-electron chi connectivity index (χ0n) is 18.2. The second-order valence-corrected chi connectivity index (χ2v) is 8.38. The molecule has 5 rings (SSSR count). The summed E-state index contributed by atoms with van der Waals surface area (Å²) >= 11 is 6.24. The van der Waals surface area contributed by atoms with Crippen LogP contribution in [0.1, 0.15) is 30.0 Å². The zero-order valence-corrected chi connectivity index (χ0v) is 19.0. The van der Waals surface area contributed by atoms with Crippen LogP contribution in [0.25, 0.3) is 17.0 Å². The number of aromatic nitrogens is 2. The second-order valence-electron chi connectivity index (χ2n) is 7.94. The molecule has 170 valence electrons. The Bertz CT molecular complexity index is 1390. The van der Waals surface area contributed by atoms with Crippen LogP contribution in [0.15, 0.2) is 89.1 Å². The summed E-state index contributed by atoms with van der Waals surface area (Å²) in [7, 11) is 0. The smallest absolute Gasteiger partial charge is 0.322 e. The third kappa shape index (κ3) is 4.30. The van der Waals surface area contributed by atoms with E-state index in [1.54, 1.807) is 29.2 Å². The summed E-state index contributed by atoms with van der Waals surface area (Å²) in [5, 5.41) is 7.66. The van der Waals surface area contributed by atoms with E-state index in [9.17, 15) is 9.18 Å². The van der Waals surface area contributed by atoms with Gasteiger partial charge >= 0.3 is 6.03 Å². The minimum Gasteiger partial charge on any atom is -0.334 e. The first-order valence-electron chi connectivity index (χ1n) is 10.7. The van der Waals surface area contributed by atoms with Gasteiger partial charge in [0.25, 0.3) is 5.89 Å². The van der Waals surface area contributed by atoms with Gasteiger partial charge in [0, 0.05) is 16.3 Å². The normalized spacial score (nSPS) is 16.0. The molecule has 0 fully saturated rings. The van der Waals surface area contributed by atoms with Crippen LogP contribution < -0.4 is 5.32 Å². The Balaban J connectivity index is 1.61. The average Bonchev–Trinajstić information content (AvgIpc) is 3.32. The molecular weight excluding hydrogens is 455 g/mol. The van der Waals surface area contributed by atoms with Crippen molar-refractivity contribution < 1.29 is 13.7 Å². The fourth-order valence-electron chi connectivity index (χ4n) is 4.03. The summed E-state index contributed by atoms with van der Waals surface area (Å²) in [6, 6.07) is 22.1. The first-order valence-corrected chi connectivity index (χ1v) is 11.1. The molecule has 0 radical (unpaired) electrons. The van der Waals surface area contributed by atoms with Crippen molar-refractivity contribution in [2.75, 3.05) is 0 Å². The van der Waals surface area contributed by atoms with Crippen LogP contribution in [0.5, 0.6) is 0 Å². The lowest BCUT2D eigenvalue weighted by Crippen LogP contribution is -2.45. The lowest BCUT2D eigenvalue weighted by molar-refractivity contribution is 0.203. The number of nitrogens with one attached hydrogen (secondary N) is 1. The summed E-state index contributed by atoms with van der Waals surface area (Å²) in [5.41, 5.74) is 3.57. The Morgan fingerprint density at radius 2 is 1.85 bits per heavy atom. The number of carbonyl (C=O) groups excluding carboxylic acids is 1. The van der Waals surface area contributed by atoms with E-state index in [-0.39, 0.29) is 17.7 Å². The van der Waals surface area contributed by atoms with Crippen LogP contribution in [0.3, 0.4) is 0 Å². The second kappa shape index (κ2) is 9.11. The number of allylic oxidation sites excluding steroid dienone is 1. The van der Waals surface area contributed by atoms with Gasteiger partial charge in [0.1, 0.15) is 5.82 Å². The summed E-state index contributed by atoms with van der Waals surface area (Å²) in [4.78, 5) is 19.3. The molecule has 8 heteroatoms. The highest BCUT2D eigenvalue weighted by Crippen LogP contribution is 2.38. The number of hydrogen-bond acceptors (Lipinski definition) is 4. The molecule has 34 heavy (non-hydrogen) atoms. The summed E-state index contributed by atoms with van der Waals surface area (Å²) in [6.07, 6.45) is 0. The van der Waals surface area contributed by atoms with E-state index >= 15 is 0 Å². The molecule has 2 heterocycles. The SMILES string of the molecule is CC1=C(c2nc(-c3cccc(F)c3)no2)C(c2cccc(Cl)c2)NC(=O)N1Cc1ccccc1. The number of benzene rings is 3. The minimum absolute atomic E-state index is 0.236. The number of halogens is 2. The van der Waals surface area contributed by atoms with Gasteiger partial charge in [-0.3, -0.25) is 4.90 Å². The number of carbonyl (C=O) groups is 1. The van der Waals surface area contributed by atoms with E-state index in [4.69, 9.17) is 16.1 Å². The summed E-state index contributed by atoms with van der Waals surface area (Å²) in [5.74, 6) is 0.0981. The van der Waals surface area contributed by atoms with E-state index in [2.05, 4.69) is 15.5 Å². The van der Waals surface area contributed by atoms with Gasteiger partial charge < -0.3 is 9.84 Å². The van der Waals surface area contributed by atoms with Gasteiger partial charge in [0.2, 0.25) is 5.82 Å². The average molecular weight is 475 g/mol. The first kappa shape index (κ1) is 21.9. The highest BCUT2D eigenvalue weighted by Gasteiger charge is 2.35. The number of urea groups is 1. The van der Waals surface area contributed by atoms with Gasteiger partial charge in [-0.25, -0.2) is 9.18 Å². The molecule has 2 amide bonds. The Kier molecular flexibility index (Phi) is 5.86. The highest BCUT2D eigenvalue weighted by molar-refractivity contribution is 6.30. The summed E-state index contributed by atoms with van der Waals surface area (Å²) < 4.78 is 19.4. The number of hydrogen-bond donors (Lipinski definition) is 1. The maximum atomic E-state index is 13.7. The molecule has 0 saturated heterocycles. The lowest BCUT2D eigenvalue weighted by Gasteiger charge is -2.35. The Labute approximate surface area is 200 Å². The van der Waals surface area contributed by atoms with Gasteiger partial charge in [0.15, 0.2) is 0 Å². The molecule has 0 aliphatic carbocycles. The van der Waals surface area contributed by atoms with E-state index < -0.39 is 11.9 Å². The van der Waals surface area contributed by atoms with Crippen molar-refractivity contribution in [1.29, 1.82) is 0 Å². The van der Waals surface area contributed by atoms with Crippen molar-refractivity contribution in [3.05, 3.63) is 112 Å². The topological polar surface area (TPSA) is 71.3 Å². The predicted molar refractivity (Wildman–Crippen MR) is 127 cm³/mol. The molecular formula is C26H20ClFN4O2. The molecule has 1 unspecified atom stereocenters. The van der Waals surface area contributed by atoms with E-state index in [0.717, 1.165) is 11.1 Å². The van der Waals surface area contributed by atoms with Crippen molar-refractivity contribution in [2.24, 2.45) is 0 Å². The number of nitrogens with zero attached hydrogens (tertiary/aromatic N) is 3.